The molecular weight excluding hydrogens is 594 g/mol. The number of nitrogens with one attached hydrogen (secondary N) is 5. The van der Waals surface area contributed by atoms with Crippen molar-refractivity contribution in [3.05, 3.63) is 0 Å². The van der Waals surface area contributed by atoms with Gasteiger partial charge < -0.3 is 36.8 Å². The molecule has 0 radical (unpaired) electrons. The fourth-order valence-electron chi connectivity index (χ4n) is 5.05. The Hall–Kier alpha value is -3.22. The van der Waals surface area contributed by atoms with Crippen molar-refractivity contribution in [1.29, 1.82) is 0 Å². The second kappa shape index (κ2) is 21.6. The molecule has 1 rings (SSSR count). The first kappa shape index (κ1) is 42.8. The van der Waals surface area contributed by atoms with Gasteiger partial charge in [0.15, 0.2) is 0 Å². The molecule has 1 saturated carbocycles. The standard InChI is InChI=1S/C32H57N5O8.CH4/c1-8-33-32(45)29(20(6)7)37-27(40)17-25(38)22(14-18(2)3)35-31(44)24(16-21-12-13-21)36-30(43)23(15-19(4)5)34-26(39)10-9-11-28(41)42;/h18-25,29,38H,8-17H2,1-7H3,(H,33,45)(H,34,39)(H,35,44)(H,36,43)(H,37,40)(H,41,42);1H4/t22-,23-,24-,25-,29-;/m0./s1. The largest absolute Gasteiger partial charge is 0.481 e. The third kappa shape index (κ3) is 17.5. The molecule has 1 aliphatic carbocycles. The molecule has 13 heteroatoms. The molecule has 0 saturated heterocycles. The third-order valence-corrected chi connectivity index (χ3v) is 7.58. The fourth-order valence-corrected chi connectivity index (χ4v) is 5.05. The van der Waals surface area contributed by atoms with Gasteiger partial charge in [-0.15, -0.1) is 0 Å². The number of carboxylic acids is 1. The highest BCUT2D eigenvalue weighted by Gasteiger charge is 2.35. The molecule has 13 nitrogen and oxygen atoms in total. The maximum absolute atomic E-state index is 13.6. The molecule has 46 heavy (non-hydrogen) atoms. The van der Waals surface area contributed by atoms with Gasteiger partial charge in [-0.2, -0.15) is 0 Å². The Morgan fingerprint density at radius 3 is 1.83 bits per heavy atom. The number of likely N-dealkylation sites (N-methyl/N-ethyl adjacent to an activating group) is 1. The van der Waals surface area contributed by atoms with E-state index in [9.17, 15) is 33.9 Å². The number of hydrogen-bond donors (Lipinski definition) is 7. The SMILES string of the molecule is C.CCNC(=O)[C@@H](NC(=O)C[C@H](O)[C@H](CC(C)C)NC(=O)[C@H](CC1CC1)NC(=O)[C@H](CC(C)C)NC(=O)CCCC(=O)O)C(C)C. The van der Waals surface area contributed by atoms with Crippen LogP contribution in [0.2, 0.25) is 0 Å². The second-order valence-corrected chi connectivity index (χ2v) is 13.4. The van der Waals surface area contributed by atoms with Gasteiger partial charge in [0.05, 0.1) is 18.6 Å². The van der Waals surface area contributed by atoms with E-state index in [2.05, 4.69) is 26.6 Å². The number of carbonyl (C=O) groups excluding carboxylic acids is 5. The van der Waals surface area contributed by atoms with Gasteiger partial charge >= 0.3 is 5.97 Å². The molecule has 1 aliphatic rings. The van der Waals surface area contributed by atoms with Crippen molar-refractivity contribution in [1.82, 2.24) is 26.6 Å². The zero-order valence-corrected chi connectivity index (χ0v) is 28.1. The van der Waals surface area contributed by atoms with Gasteiger partial charge in [0.1, 0.15) is 18.1 Å². The number of aliphatic hydroxyl groups is 1. The van der Waals surface area contributed by atoms with E-state index < -0.39 is 59.9 Å². The van der Waals surface area contributed by atoms with E-state index in [0.29, 0.717) is 25.8 Å². The Bertz CT molecular complexity index is 999. The van der Waals surface area contributed by atoms with Crippen molar-refractivity contribution in [3.8, 4) is 0 Å². The Labute approximate surface area is 275 Å². The summed E-state index contributed by atoms with van der Waals surface area (Å²) in [4.78, 5) is 75.5. The van der Waals surface area contributed by atoms with Crippen LogP contribution in [0.3, 0.4) is 0 Å². The smallest absolute Gasteiger partial charge is 0.303 e. The van der Waals surface area contributed by atoms with Crippen molar-refractivity contribution in [2.24, 2.45) is 23.7 Å². The maximum atomic E-state index is 13.6. The van der Waals surface area contributed by atoms with Crippen molar-refractivity contribution >= 4 is 35.5 Å². The van der Waals surface area contributed by atoms with E-state index in [4.69, 9.17) is 5.11 Å². The van der Waals surface area contributed by atoms with Gasteiger partial charge in [-0.1, -0.05) is 61.8 Å². The van der Waals surface area contributed by atoms with Crippen LogP contribution in [0.4, 0.5) is 0 Å². The number of hydrogen-bond acceptors (Lipinski definition) is 7. The predicted octanol–water partition coefficient (Wildman–Crippen LogP) is 2.25. The maximum Gasteiger partial charge on any atom is 0.303 e. The Morgan fingerprint density at radius 1 is 0.739 bits per heavy atom. The second-order valence-electron chi connectivity index (χ2n) is 13.4. The van der Waals surface area contributed by atoms with Crippen molar-refractivity contribution in [2.45, 2.75) is 144 Å². The molecule has 266 valence electrons. The van der Waals surface area contributed by atoms with Gasteiger partial charge in [0.2, 0.25) is 29.5 Å². The first-order valence-electron chi connectivity index (χ1n) is 16.4. The van der Waals surface area contributed by atoms with Crippen LogP contribution in [0.5, 0.6) is 0 Å². The molecule has 0 aliphatic heterocycles. The molecular formula is C33H61N5O8. The number of carboxylic acid groups (broad SMARTS) is 1. The summed E-state index contributed by atoms with van der Waals surface area (Å²) in [6.07, 6.45) is 1.32. The quantitative estimate of drug-likeness (QED) is 0.0920. The van der Waals surface area contributed by atoms with Crippen LogP contribution < -0.4 is 26.6 Å². The van der Waals surface area contributed by atoms with E-state index in [-0.39, 0.29) is 62.7 Å². The van der Waals surface area contributed by atoms with Gasteiger partial charge in [0, 0.05) is 19.4 Å². The fraction of sp³-hybridized carbons (Fsp3) is 0.818. The van der Waals surface area contributed by atoms with Crippen molar-refractivity contribution < 1.29 is 39.0 Å². The van der Waals surface area contributed by atoms with E-state index in [1.165, 1.54) is 0 Å². The number of aliphatic carboxylic acids is 1. The van der Waals surface area contributed by atoms with E-state index >= 15 is 0 Å². The van der Waals surface area contributed by atoms with Crippen LogP contribution in [0.25, 0.3) is 0 Å². The highest BCUT2D eigenvalue weighted by atomic mass is 16.4. The van der Waals surface area contributed by atoms with Crippen LogP contribution >= 0.6 is 0 Å². The summed E-state index contributed by atoms with van der Waals surface area (Å²) in [5.41, 5.74) is 0. The first-order valence-corrected chi connectivity index (χ1v) is 16.4. The van der Waals surface area contributed by atoms with E-state index in [1.54, 1.807) is 6.92 Å². The average molecular weight is 656 g/mol. The highest BCUT2D eigenvalue weighted by Crippen LogP contribution is 2.33. The normalized spacial score (nSPS) is 16.0. The summed E-state index contributed by atoms with van der Waals surface area (Å²) in [5, 5.41) is 33.7. The summed E-state index contributed by atoms with van der Waals surface area (Å²) in [6, 6.07) is -3.37. The lowest BCUT2D eigenvalue weighted by atomic mass is 9.95. The Morgan fingerprint density at radius 2 is 1.33 bits per heavy atom. The minimum absolute atomic E-state index is 0. The molecule has 0 aromatic heterocycles. The number of aliphatic hydroxyl groups excluding tert-OH is 1. The minimum Gasteiger partial charge on any atom is -0.481 e. The van der Waals surface area contributed by atoms with Gasteiger partial charge in [-0.3, -0.25) is 28.8 Å². The summed E-state index contributed by atoms with van der Waals surface area (Å²) < 4.78 is 0. The molecule has 5 atom stereocenters. The number of amides is 5. The van der Waals surface area contributed by atoms with Crippen molar-refractivity contribution in [2.75, 3.05) is 6.54 Å². The predicted molar refractivity (Wildman–Crippen MR) is 176 cm³/mol. The van der Waals surface area contributed by atoms with Crippen LogP contribution in [0.15, 0.2) is 0 Å². The monoisotopic (exact) mass is 655 g/mol. The zero-order chi connectivity index (χ0) is 34.3. The van der Waals surface area contributed by atoms with Crippen molar-refractivity contribution in [3.63, 3.8) is 0 Å². The Balaban J connectivity index is 0.0000202. The highest BCUT2D eigenvalue weighted by molar-refractivity contribution is 5.92. The Kier molecular flexibility index (Phi) is 20.0. The minimum atomic E-state index is -1.24. The molecule has 7 N–H and O–H groups in total. The zero-order valence-electron chi connectivity index (χ0n) is 28.1. The number of carbonyl (C=O) groups is 6. The first-order chi connectivity index (χ1) is 21.0. The molecule has 0 spiro atoms. The molecule has 5 amide bonds. The molecule has 0 aromatic rings. The van der Waals surface area contributed by atoms with E-state index in [1.807, 2.05) is 41.5 Å². The number of rotatable bonds is 22. The van der Waals surface area contributed by atoms with Gasteiger partial charge in [-0.05, 0) is 56.3 Å². The molecule has 0 bridgehead atoms. The molecule has 0 unspecified atom stereocenters. The van der Waals surface area contributed by atoms with Gasteiger partial charge in [0.25, 0.3) is 0 Å². The molecule has 1 fully saturated rings. The molecule has 0 heterocycles. The van der Waals surface area contributed by atoms with Crippen LogP contribution in [-0.2, 0) is 28.8 Å². The summed E-state index contributed by atoms with van der Waals surface area (Å²) >= 11 is 0. The van der Waals surface area contributed by atoms with Crippen LogP contribution in [0, 0.1) is 23.7 Å². The lowest BCUT2D eigenvalue weighted by Gasteiger charge is -2.29. The topological polar surface area (TPSA) is 203 Å². The van der Waals surface area contributed by atoms with Crippen LogP contribution in [0.1, 0.15) is 114 Å². The van der Waals surface area contributed by atoms with E-state index in [0.717, 1.165) is 12.8 Å². The molecule has 0 aromatic carbocycles. The summed E-state index contributed by atoms with van der Waals surface area (Å²) in [6.45, 7) is 13.5. The average Bonchev–Trinajstić information content (AvgIpc) is 3.73. The summed E-state index contributed by atoms with van der Waals surface area (Å²) in [7, 11) is 0. The lowest BCUT2D eigenvalue weighted by Crippen LogP contribution is -2.57. The van der Waals surface area contributed by atoms with Gasteiger partial charge in [-0.25, -0.2) is 0 Å². The summed E-state index contributed by atoms with van der Waals surface area (Å²) in [5.74, 6) is -3.07. The van der Waals surface area contributed by atoms with Crippen LogP contribution in [-0.4, -0.2) is 82.5 Å². The third-order valence-electron chi connectivity index (χ3n) is 7.58. The lowest BCUT2D eigenvalue weighted by molar-refractivity contribution is -0.137.